The van der Waals surface area contributed by atoms with Gasteiger partial charge in [0.1, 0.15) is 0 Å². The summed E-state index contributed by atoms with van der Waals surface area (Å²) in [7, 11) is 0. The number of rotatable bonds is 3. The van der Waals surface area contributed by atoms with Crippen LogP contribution in [0.15, 0.2) is 28.0 Å². The van der Waals surface area contributed by atoms with Crippen molar-refractivity contribution < 1.29 is 4.52 Å². The van der Waals surface area contributed by atoms with Crippen molar-refractivity contribution in [3.05, 3.63) is 35.1 Å². The molecule has 0 saturated carbocycles. The molecule has 2 aromatic rings. The molecule has 0 unspecified atom stereocenters. The number of aryl methyl sites for hydroxylation is 2. The quantitative estimate of drug-likeness (QED) is 0.709. The Kier molecular flexibility index (Phi) is 1.95. The summed E-state index contributed by atoms with van der Waals surface area (Å²) in [5, 5.41) is 3.46. The molecule has 0 fully saturated rings. The maximum Gasteiger partial charge on any atom is 0.325 e. The first kappa shape index (κ1) is 7.78. The second kappa shape index (κ2) is 3.26. The van der Waals surface area contributed by atoms with E-state index in [-0.39, 0.29) is 5.69 Å². The van der Waals surface area contributed by atoms with Gasteiger partial charge in [-0.25, -0.2) is 4.79 Å². The van der Waals surface area contributed by atoms with Gasteiger partial charge in [-0.1, -0.05) is 5.16 Å². The minimum absolute atomic E-state index is 0.125. The Balaban J connectivity index is 2.01. The second-order valence-electron chi connectivity index (χ2n) is 2.54. The zero-order valence-corrected chi connectivity index (χ0v) is 6.80. The molecule has 0 bridgehead atoms. The lowest BCUT2D eigenvalue weighted by Crippen LogP contribution is -2.17. The van der Waals surface area contributed by atoms with Crippen molar-refractivity contribution in [3.8, 4) is 0 Å². The maximum atomic E-state index is 11.0. The molecular weight excluding hydrogens is 172 g/mol. The van der Waals surface area contributed by atoms with Crippen molar-refractivity contribution in [2.24, 2.45) is 0 Å². The van der Waals surface area contributed by atoms with Crippen molar-refractivity contribution in [3.63, 3.8) is 0 Å². The molecule has 6 nitrogen and oxygen atoms in total. The topological polar surface area (TPSA) is 76.7 Å². The zero-order valence-electron chi connectivity index (χ0n) is 6.80. The van der Waals surface area contributed by atoms with Gasteiger partial charge in [0.05, 0.1) is 0 Å². The Labute approximate surface area is 73.2 Å². The molecule has 0 aliphatic carbocycles. The molecule has 6 heteroatoms. The normalized spacial score (nSPS) is 10.5. The lowest BCUT2D eigenvalue weighted by molar-refractivity contribution is 0.370. The highest BCUT2D eigenvalue weighted by molar-refractivity contribution is 4.79. The van der Waals surface area contributed by atoms with Gasteiger partial charge in [0.2, 0.25) is 5.89 Å². The molecule has 68 valence electrons. The summed E-state index contributed by atoms with van der Waals surface area (Å²) in [6, 6.07) is 0. The van der Waals surface area contributed by atoms with E-state index in [2.05, 4.69) is 15.1 Å². The van der Waals surface area contributed by atoms with Crippen LogP contribution in [0, 0.1) is 0 Å². The number of aromatic nitrogens is 4. The smallest absolute Gasteiger partial charge is 0.325 e. The summed E-state index contributed by atoms with van der Waals surface area (Å²) in [4.78, 5) is 17.4. The minimum Gasteiger partial charge on any atom is -0.340 e. The molecule has 13 heavy (non-hydrogen) atoms. The standard InChI is InChI=1S/C7H8N4O2/c12-7-8-2-4-11(7)3-1-6-9-5-10-13-6/h2,4-5H,1,3H2,(H,8,12). The van der Waals surface area contributed by atoms with Crippen LogP contribution < -0.4 is 5.69 Å². The van der Waals surface area contributed by atoms with E-state index in [9.17, 15) is 4.79 Å². The zero-order chi connectivity index (χ0) is 9.10. The number of imidazole rings is 1. The largest absolute Gasteiger partial charge is 0.340 e. The summed E-state index contributed by atoms with van der Waals surface area (Å²) in [6.45, 7) is 0.546. The van der Waals surface area contributed by atoms with Crippen LogP contribution in [0.5, 0.6) is 0 Å². The summed E-state index contributed by atoms with van der Waals surface area (Å²) in [6.07, 6.45) is 5.18. The lowest BCUT2D eigenvalue weighted by Gasteiger charge is -1.95. The first-order valence-electron chi connectivity index (χ1n) is 3.85. The average molecular weight is 180 g/mol. The number of aromatic amines is 1. The van der Waals surface area contributed by atoms with Crippen LogP contribution in [0.25, 0.3) is 0 Å². The third-order valence-electron chi connectivity index (χ3n) is 1.70. The first-order chi connectivity index (χ1) is 6.36. The predicted molar refractivity (Wildman–Crippen MR) is 43.1 cm³/mol. The molecule has 0 saturated heterocycles. The fourth-order valence-corrected chi connectivity index (χ4v) is 1.05. The van der Waals surface area contributed by atoms with E-state index in [4.69, 9.17) is 4.52 Å². The van der Waals surface area contributed by atoms with Crippen molar-refractivity contribution in [1.29, 1.82) is 0 Å². The first-order valence-corrected chi connectivity index (χ1v) is 3.85. The molecule has 0 atom stereocenters. The average Bonchev–Trinajstić information content (AvgIpc) is 2.72. The summed E-state index contributed by atoms with van der Waals surface area (Å²) >= 11 is 0. The molecule has 0 aromatic carbocycles. The van der Waals surface area contributed by atoms with E-state index >= 15 is 0 Å². The predicted octanol–water partition coefficient (Wildman–Crippen LogP) is -0.198. The van der Waals surface area contributed by atoms with Gasteiger partial charge in [0.15, 0.2) is 6.33 Å². The van der Waals surface area contributed by atoms with Gasteiger partial charge in [0.25, 0.3) is 0 Å². The highest BCUT2D eigenvalue weighted by Gasteiger charge is 2.00. The van der Waals surface area contributed by atoms with Crippen molar-refractivity contribution >= 4 is 0 Å². The summed E-state index contributed by atoms with van der Waals surface area (Å²) in [5.41, 5.74) is -0.125. The number of H-pyrrole nitrogens is 1. The molecule has 1 N–H and O–H groups in total. The van der Waals surface area contributed by atoms with E-state index in [1.165, 1.54) is 6.33 Å². The minimum atomic E-state index is -0.125. The van der Waals surface area contributed by atoms with Gasteiger partial charge in [-0.05, 0) is 0 Å². The third kappa shape index (κ3) is 1.66. The highest BCUT2D eigenvalue weighted by atomic mass is 16.5. The molecule has 0 aliphatic rings. The molecule has 0 radical (unpaired) electrons. The maximum absolute atomic E-state index is 11.0. The molecule has 0 spiro atoms. The van der Waals surface area contributed by atoms with E-state index in [0.717, 1.165) is 0 Å². The monoisotopic (exact) mass is 180 g/mol. The van der Waals surface area contributed by atoms with Crippen molar-refractivity contribution in [1.82, 2.24) is 19.7 Å². The van der Waals surface area contributed by atoms with Crippen LogP contribution in [0.1, 0.15) is 5.89 Å². The second-order valence-corrected chi connectivity index (χ2v) is 2.54. The summed E-state index contributed by atoms with van der Waals surface area (Å²) in [5.74, 6) is 0.535. The SMILES string of the molecule is O=c1[nH]ccn1CCc1ncno1. The van der Waals surface area contributed by atoms with Gasteiger partial charge in [0, 0.05) is 25.4 Å². The van der Waals surface area contributed by atoms with Gasteiger partial charge >= 0.3 is 5.69 Å². The van der Waals surface area contributed by atoms with E-state index in [0.29, 0.717) is 18.9 Å². The number of nitrogens with zero attached hydrogens (tertiary/aromatic N) is 3. The Hall–Kier alpha value is -1.85. The molecular formula is C7H8N4O2. The van der Waals surface area contributed by atoms with Crippen LogP contribution in [0.3, 0.4) is 0 Å². The van der Waals surface area contributed by atoms with Crippen LogP contribution in [-0.4, -0.2) is 19.7 Å². The van der Waals surface area contributed by atoms with Crippen molar-refractivity contribution in [2.45, 2.75) is 13.0 Å². The van der Waals surface area contributed by atoms with Gasteiger partial charge in [-0.3, -0.25) is 4.57 Å². The Bertz CT molecular complexity index is 414. The third-order valence-corrected chi connectivity index (χ3v) is 1.70. The number of hydrogen-bond donors (Lipinski definition) is 1. The Morgan fingerprint density at radius 2 is 2.54 bits per heavy atom. The van der Waals surface area contributed by atoms with Crippen LogP contribution in [0.4, 0.5) is 0 Å². The van der Waals surface area contributed by atoms with Crippen molar-refractivity contribution in [2.75, 3.05) is 0 Å². The number of nitrogens with one attached hydrogen (secondary N) is 1. The van der Waals surface area contributed by atoms with E-state index in [1.54, 1.807) is 17.0 Å². The molecule has 2 heterocycles. The molecule has 2 rings (SSSR count). The van der Waals surface area contributed by atoms with Gasteiger partial charge in [-0.15, -0.1) is 0 Å². The lowest BCUT2D eigenvalue weighted by atomic mass is 10.4. The molecule has 2 aromatic heterocycles. The molecule has 0 aliphatic heterocycles. The number of hydrogen-bond acceptors (Lipinski definition) is 4. The van der Waals surface area contributed by atoms with Crippen LogP contribution in [-0.2, 0) is 13.0 Å². The highest BCUT2D eigenvalue weighted by Crippen LogP contribution is 1.93. The van der Waals surface area contributed by atoms with E-state index < -0.39 is 0 Å². The fourth-order valence-electron chi connectivity index (χ4n) is 1.05. The van der Waals surface area contributed by atoms with Gasteiger partial charge < -0.3 is 9.51 Å². The van der Waals surface area contributed by atoms with Gasteiger partial charge in [-0.2, -0.15) is 4.98 Å². The van der Waals surface area contributed by atoms with E-state index in [1.807, 2.05) is 0 Å². The Morgan fingerprint density at radius 1 is 1.62 bits per heavy atom. The molecule has 0 amide bonds. The Morgan fingerprint density at radius 3 is 3.15 bits per heavy atom. The fraction of sp³-hybridized carbons (Fsp3) is 0.286. The summed E-state index contributed by atoms with van der Waals surface area (Å²) < 4.78 is 6.33. The van der Waals surface area contributed by atoms with Crippen LogP contribution in [0.2, 0.25) is 0 Å². The van der Waals surface area contributed by atoms with Crippen LogP contribution >= 0.6 is 0 Å².